The molecule has 1 aliphatic heterocycles. The van der Waals surface area contributed by atoms with Crippen molar-refractivity contribution in [2.45, 2.75) is 25.0 Å². The van der Waals surface area contributed by atoms with Crippen molar-refractivity contribution in [3.05, 3.63) is 72.4 Å². The van der Waals surface area contributed by atoms with Crippen LogP contribution >= 0.6 is 0 Å². The van der Waals surface area contributed by atoms with E-state index in [2.05, 4.69) is 30.4 Å². The van der Waals surface area contributed by atoms with Crippen LogP contribution in [0.3, 0.4) is 0 Å². The minimum absolute atomic E-state index is 0.0278. The SMILES string of the molecule is C[C@@H](Nc1nccc(-c2cccc(-c3cc([C@]4(O)CCN(C)C4=O)on3)n2)n1)c1cccnc1. The standard InChI is InChI=1S/C24H23N7O3/c1-15(16-5-4-10-25-14-16)27-23-26-11-8-19(29-23)17-6-3-7-18(28-17)20-13-21(34-30-20)24(33)9-12-31(2)22(24)32/h3-8,10-11,13-15,33H,9,12H2,1-2H3,(H,26,27,29)/t15-,24-/m1/s1. The molecule has 0 aliphatic carbocycles. The number of likely N-dealkylation sites (tertiary alicyclic amines) is 1. The number of carbonyl (C=O) groups excluding carboxylic acids is 1. The first-order chi connectivity index (χ1) is 16.4. The van der Waals surface area contributed by atoms with E-state index in [4.69, 9.17) is 4.52 Å². The van der Waals surface area contributed by atoms with Gasteiger partial charge in [0.15, 0.2) is 5.76 Å². The zero-order valence-corrected chi connectivity index (χ0v) is 18.7. The normalized spacial score (nSPS) is 18.8. The first kappa shape index (κ1) is 21.7. The molecule has 2 atom stereocenters. The number of hydrogen-bond acceptors (Lipinski definition) is 9. The summed E-state index contributed by atoms with van der Waals surface area (Å²) in [6, 6.07) is 12.6. The molecule has 0 saturated carbocycles. The number of aliphatic hydroxyl groups is 1. The number of likely N-dealkylation sites (N-methyl/N-ethyl adjacent to an activating group) is 1. The van der Waals surface area contributed by atoms with Gasteiger partial charge >= 0.3 is 0 Å². The number of aromatic nitrogens is 5. The molecule has 0 bridgehead atoms. The van der Waals surface area contributed by atoms with Crippen LogP contribution in [0.4, 0.5) is 5.95 Å². The molecule has 5 rings (SSSR count). The van der Waals surface area contributed by atoms with E-state index in [1.165, 1.54) is 4.90 Å². The van der Waals surface area contributed by atoms with Crippen LogP contribution in [0.2, 0.25) is 0 Å². The molecule has 10 heteroatoms. The van der Waals surface area contributed by atoms with Crippen molar-refractivity contribution in [3.63, 3.8) is 0 Å². The fourth-order valence-electron chi connectivity index (χ4n) is 3.87. The summed E-state index contributed by atoms with van der Waals surface area (Å²) in [5, 5.41) is 18.1. The van der Waals surface area contributed by atoms with Crippen LogP contribution in [0.15, 0.2) is 65.6 Å². The number of anilines is 1. The monoisotopic (exact) mass is 457 g/mol. The Bertz CT molecular complexity index is 1330. The Labute approximate surface area is 195 Å². The van der Waals surface area contributed by atoms with E-state index in [1.54, 1.807) is 43.8 Å². The van der Waals surface area contributed by atoms with E-state index in [-0.39, 0.29) is 18.2 Å². The molecule has 1 aliphatic rings. The number of carbonyl (C=O) groups is 1. The first-order valence-electron chi connectivity index (χ1n) is 10.9. The minimum atomic E-state index is -1.70. The summed E-state index contributed by atoms with van der Waals surface area (Å²) in [4.78, 5) is 31.6. The van der Waals surface area contributed by atoms with Crippen molar-refractivity contribution in [1.82, 2.24) is 30.0 Å². The minimum Gasteiger partial charge on any atom is -0.373 e. The highest BCUT2D eigenvalue weighted by atomic mass is 16.5. The summed E-state index contributed by atoms with van der Waals surface area (Å²) in [5.41, 5.74) is 1.53. The van der Waals surface area contributed by atoms with Crippen molar-refractivity contribution in [1.29, 1.82) is 0 Å². The molecule has 4 aromatic rings. The Morgan fingerprint density at radius 2 is 1.88 bits per heavy atom. The fourth-order valence-corrected chi connectivity index (χ4v) is 3.87. The van der Waals surface area contributed by atoms with Crippen LogP contribution in [0.25, 0.3) is 22.8 Å². The maximum absolute atomic E-state index is 12.4. The molecular formula is C24H23N7O3. The van der Waals surface area contributed by atoms with Crippen LogP contribution in [-0.2, 0) is 10.4 Å². The summed E-state index contributed by atoms with van der Waals surface area (Å²) in [6.07, 6.45) is 5.44. The van der Waals surface area contributed by atoms with Gasteiger partial charge in [-0.1, -0.05) is 17.3 Å². The average molecular weight is 457 g/mol. The third-order valence-corrected chi connectivity index (χ3v) is 5.89. The molecule has 0 radical (unpaired) electrons. The van der Waals surface area contributed by atoms with Gasteiger partial charge in [-0.3, -0.25) is 9.78 Å². The van der Waals surface area contributed by atoms with E-state index >= 15 is 0 Å². The number of nitrogens with one attached hydrogen (secondary N) is 1. The Hall–Kier alpha value is -4.18. The lowest BCUT2D eigenvalue weighted by atomic mass is 9.98. The van der Waals surface area contributed by atoms with Crippen LogP contribution in [0, 0.1) is 0 Å². The molecule has 2 N–H and O–H groups in total. The van der Waals surface area contributed by atoms with Gasteiger partial charge in [0.1, 0.15) is 5.69 Å². The van der Waals surface area contributed by atoms with Crippen molar-refractivity contribution < 1.29 is 14.4 Å². The highest BCUT2D eigenvalue weighted by Gasteiger charge is 2.48. The molecule has 0 unspecified atom stereocenters. The molecule has 0 aromatic carbocycles. The molecule has 10 nitrogen and oxygen atoms in total. The summed E-state index contributed by atoms with van der Waals surface area (Å²) >= 11 is 0. The number of amides is 1. The van der Waals surface area contributed by atoms with Crippen molar-refractivity contribution in [3.8, 4) is 22.8 Å². The molecule has 0 spiro atoms. The number of pyridine rings is 2. The van der Waals surface area contributed by atoms with E-state index in [9.17, 15) is 9.90 Å². The molecule has 1 fully saturated rings. The molecule has 172 valence electrons. The van der Waals surface area contributed by atoms with E-state index in [0.29, 0.717) is 35.3 Å². The highest BCUT2D eigenvalue weighted by molar-refractivity contribution is 5.87. The lowest BCUT2D eigenvalue weighted by molar-refractivity contribution is -0.144. The van der Waals surface area contributed by atoms with Gasteiger partial charge in [0.2, 0.25) is 11.5 Å². The summed E-state index contributed by atoms with van der Waals surface area (Å²) < 4.78 is 5.35. The first-order valence-corrected chi connectivity index (χ1v) is 10.9. The summed E-state index contributed by atoms with van der Waals surface area (Å²) in [7, 11) is 1.64. The van der Waals surface area contributed by atoms with Gasteiger partial charge in [0, 0.05) is 44.7 Å². The number of hydrogen-bond donors (Lipinski definition) is 2. The Kier molecular flexibility index (Phi) is 5.50. The Morgan fingerprint density at radius 1 is 1.09 bits per heavy atom. The van der Waals surface area contributed by atoms with Gasteiger partial charge in [-0.05, 0) is 36.8 Å². The van der Waals surface area contributed by atoms with Crippen molar-refractivity contribution in [2.75, 3.05) is 18.9 Å². The molecule has 4 aromatic heterocycles. The maximum atomic E-state index is 12.4. The summed E-state index contributed by atoms with van der Waals surface area (Å²) in [6.45, 7) is 2.46. The lowest BCUT2D eigenvalue weighted by Gasteiger charge is -2.16. The third kappa shape index (κ3) is 3.99. The second-order valence-electron chi connectivity index (χ2n) is 8.24. The second-order valence-corrected chi connectivity index (χ2v) is 8.24. The predicted molar refractivity (Wildman–Crippen MR) is 123 cm³/mol. The van der Waals surface area contributed by atoms with Crippen molar-refractivity contribution in [2.24, 2.45) is 0 Å². The van der Waals surface area contributed by atoms with Gasteiger partial charge < -0.3 is 19.8 Å². The zero-order chi connectivity index (χ0) is 23.7. The second kappa shape index (κ2) is 8.64. The zero-order valence-electron chi connectivity index (χ0n) is 18.7. The molecule has 34 heavy (non-hydrogen) atoms. The summed E-state index contributed by atoms with van der Waals surface area (Å²) in [5.74, 6) is 0.177. The smallest absolute Gasteiger partial charge is 0.262 e. The van der Waals surface area contributed by atoms with Crippen LogP contribution in [0.5, 0.6) is 0 Å². The van der Waals surface area contributed by atoms with E-state index in [0.717, 1.165) is 5.56 Å². The topological polar surface area (TPSA) is 130 Å². The van der Waals surface area contributed by atoms with Crippen LogP contribution in [-0.4, -0.2) is 54.6 Å². The largest absolute Gasteiger partial charge is 0.373 e. The molecular weight excluding hydrogens is 434 g/mol. The van der Waals surface area contributed by atoms with E-state index in [1.807, 2.05) is 31.2 Å². The quantitative estimate of drug-likeness (QED) is 0.449. The van der Waals surface area contributed by atoms with Gasteiger partial charge in [0.25, 0.3) is 5.91 Å². The van der Waals surface area contributed by atoms with Crippen LogP contribution in [0.1, 0.15) is 30.7 Å². The maximum Gasteiger partial charge on any atom is 0.262 e. The van der Waals surface area contributed by atoms with Gasteiger partial charge in [0.05, 0.1) is 23.1 Å². The molecule has 1 saturated heterocycles. The number of nitrogens with zero attached hydrogens (tertiary/aromatic N) is 6. The predicted octanol–water partition coefficient (Wildman–Crippen LogP) is 2.81. The van der Waals surface area contributed by atoms with Gasteiger partial charge in [-0.25, -0.2) is 15.0 Å². The van der Waals surface area contributed by atoms with E-state index < -0.39 is 11.5 Å². The Balaban J connectivity index is 1.39. The molecule has 1 amide bonds. The van der Waals surface area contributed by atoms with Crippen molar-refractivity contribution >= 4 is 11.9 Å². The average Bonchev–Trinajstić information content (AvgIpc) is 3.47. The Morgan fingerprint density at radius 3 is 2.62 bits per heavy atom. The van der Waals surface area contributed by atoms with Gasteiger partial charge in [-0.15, -0.1) is 0 Å². The fraction of sp³-hybridized carbons (Fsp3) is 0.250. The molecule has 5 heterocycles. The highest BCUT2D eigenvalue weighted by Crippen LogP contribution is 2.34. The van der Waals surface area contributed by atoms with Crippen LogP contribution < -0.4 is 5.32 Å². The third-order valence-electron chi connectivity index (χ3n) is 5.89. The lowest BCUT2D eigenvalue weighted by Crippen LogP contribution is -2.35. The number of rotatable bonds is 6. The van der Waals surface area contributed by atoms with Gasteiger partial charge in [-0.2, -0.15) is 0 Å².